The molecule has 0 unspecified atom stereocenters. The molecule has 2 heterocycles. The molecule has 2 aromatic rings. The summed E-state index contributed by atoms with van der Waals surface area (Å²) < 4.78 is 8.35. The predicted octanol–water partition coefficient (Wildman–Crippen LogP) is 2.42. The summed E-state index contributed by atoms with van der Waals surface area (Å²) >= 11 is 7.27. The first-order valence-electron chi connectivity index (χ1n) is 5.68. The lowest BCUT2D eigenvalue weighted by Gasteiger charge is -2.13. The van der Waals surface area contributed by atoms with E-state index in [-0.39, 0.29) is 6.03 Å². The maximum absolute atomic E-state index is 11.6. The zero-order valence-electron chi connectivity index (χ0n) is 10.1. The molecule has 0 atom stereocenters. The standard InChI is InChI=1S/C11H10ClN5OS/c1-6(17-5-4-13-11(17)18)14-9-7(12)2-3-8-10(9)16-19-15-8/h2-3H,4-5H2,1H3,(H,13,18). The molecule has 0 aliphatic carbocycles. The SMILES string of the molecule is CC(=Nc1c(Cl)ccc2nsnc12)N1CCNC1=O. The van der Waals surface area contributed by atoms with Gasteiger partial charge in [0, 0.05) is 13.1 Å². The van der Waals surface area contributed by atoms with E-state index in [1.54, 1.807) is 24.0 Å². The van der Waals surface area contributed by atoms with Crippen molar-refractivity contribution in [3.63, 3.8) is 0 Å². The topological polar surface area (TPSA) is 70.5 Å². The summed E-state index contributed by atoms with van der Waals surface area (Å²) in [5, 5.41) is 3.23. The van der Waals surface area contributed by atoms with Crippen LogP contribution in [0.1, 0.15) is 6.92 Å². The number of amides is 2. The molecule has 0 saturated carbocycles. The van der Waals surface area contributed by atoms with Crippen molar-refractivity contribution in [1.29, 1.82) is 0 Å². The minimum atomic E-state index is -0.138. The summed E-state index contributed by atoms with van der Waals surface area (Å²) in [5.74, 6) is 0.595. The Morgan fingerprint density at radius 2 is 2.37 bits per heavy atom. The second kappa shape index (κ2) is 4.75. The molecule has 0 radical (unpaired) electrons. The maximum atomic E-state index is 11.6. The van der Waals surface area contributed by atoms with Gasteiger partial charge in [0.05, 0.1) is 16.8 Å². The van der Waals surface area contributed by atoms with Crippen molar-refractivity contribution < 1.29 is 4.79 Å². The number of amidine groups is 1. The van der Waals surface area contributed by atoms with Gasteiger partial charge in [-0.15, -0.1) is 0 Å². The monoisotopic (exact) mass is 295 g/mol. The number of rotatable bonds is 1. The van der Waals surface area contributed by atoms with E-state index in [9.17, 15) is 4.79 Å². The summed E-state index contributed by atoms with van der Waals surface area (Å²) in [5.41, 5.74) is 1.98. The first-order chi connectivity index (χ1) is 9.16. The second-order valence-corrected chi connectivity index (χ2v) is 5.01. The number of hydrogen-bond donors (Lipinski definition) is 1. The van der Waals surface area contributed by atoms with Crippen LogP contribution >= 0.6 is 23.3 Å². The Bertz CT molecular complexity index is 683. The number of aromatic nitrogens is 2. The molecule has 1 saturated heterocycles. The van der Waals surface area contributed by atoms with Crippen molar-refractivity contribution >= 4 is 51.9 Å². The molecule has 19 heavy (non-hydrogen) atoms. The number of halogens is 1. The van der Waals surface area contributed by atoms with Crippen LogP contribution in [0.5, 0.6) is 0 Å². The largest absolute Gasteiger partial charge is 0.336 e. The molecule has 1 aliphatic rings. The Morgan fingerprint density at radius 1 is 1.53 bits per heavy atom. The summed E-state index contributed by atoms with van der Waals surface area (Å²) in [6.07, 6.45) is 0. The molecule has 8 heteroatoms. The molecule has 0 spiro atoms. The van der Waals surface area contributed by atoms with Crippen LogP contribution in [-0.4, -0.2) is 38.6 Å². The fourth-order valence-corrected chi connectivity index (χ4v) is 2.65. The fourth-order valence-electron chi connectivity index (χ4n) is 1.92. The minimum Gasteiger partial charge on any atom is -0.336 e. The normalized spacial score (nSPS) is 16.2. The molecular formula is C11H10ClN5OS. The van der Waals surface area contributed by atoms with E-state index in [2.05, 4.69) is 19.1 Å². The van der Waals surface area contributed by atoms with Crippen LogP contribution in [-0.2, 0) is 0 Å². The summed E-state index contributed by atoms with van der Waals surface area (Å²) in [4.78, 5) is 17.6. The molecular weight excluding hydrogens is 286 g/mol. The highest BCUT2D eigenvalue weighted by Gasteiger charge is 2.22. The van der Waals surface area contributed by atoms with E-state index in [0.717, 1.165) is 17.2 Å². The van der Waals surface area contributed by atoms with Crippen LogP contribution in [0.25, 0.3) is 11.0 Å². The number of carbonyl (C=O) groups is 1. The van der Waals surface area contributed by atoms with Gasteiger partial charge in [-0.3, -0.25) is 4.90 Å². The van der Waals surface area contributed by atoms with Crippen LogP contribution in [0, 0.1) is 0 Å². The number of urea groups is 1. The Hall–Kier alpha value is -1.73. The number of carbonyl (C=O) groups excluding carboxylic acids is 1. The van der Waals surface area contributed by atoms with Crippen LogP contribution < -0.4 is 5.32 Å². The summed E-state index contributed by atoms with van der Waals surface area (Å²) in [6, 6.07) is 3.40. The van der Waals surface area contributed by atoms with Crippen LogP contribution in [0.4, 0.5) is 10.5 Å². The quantitative estimate of drug-likeness (QED) is 0.649. The van der Waals surface area contributed by atoms with Gasteiger partial charge in [0.1, 0.15) is 22.6 Å². The van der Waals surface area contributed by atoms with Gasteiger partial charge in [0.2, 0.25) is 0 Å². The molecule has 1 aromatic carbocycles. The Kier molecular flexibility index (Phi) is 3.08. The molecule has 1 fully saturated rings. The van der Waals surface area contributed by atoms with Gasteiger partial charge in [-0.2, -0.15) is 8.75 Å². The lowest BCUT2D eigenvalue weighted by molar-refractivity contribution is 0.234. The van der Waals surface area contributed by atoms with Crippen molar-refractivity contribution in [2.45, 2.75) is 6.92 Å². The smallest absolute Gasteiger partial charge is 0.322 e. The minimum absolute atomic E-state index is 0.138. The summed E-state index contributed by atoms with van der Waals surface area (Å²) in [7, 11) is 0. The molecule has 1 aliphatic heterocycles. The van der Waals surface area contributed by atoms with E-state index in [1.807, 2.05) is 0 Å². The first kappa shape index (κ1) is 12.3. The van der Waals surface area contributed by atoms with Crippen LogP contribution in [0.3, 0.4) is 0 Å². The third-order valence-electron chi connectivity index (χ3n) is 2.87. The van der Waals surface area contributed by atoms with Gasteiger partial charge < -0.3 is 5.32 Å². The number of nitrogens with zero attached hydrogens (tertiary/aromatic N) is 4. The third kappa shape index (κ3) is 2.15. The summed E-state index contributed by atoms with van der Waals surface area (Å²) in [6.45, 7) is 3.01. The molecule has 2 amide bonds. The molecule has 1 aromatic heterocycles. The third-order valence-corrected chi connectivity index (χ3v) is 3.72. The molecule has 98 valence electrons. The predicted molar refractivity (Wildman–Crippen MR) is 75.3 cm³/mol. The van der Waals surface area contributed by atoms with Gasteiger partial charge in [0.15, 0.2) is 0 Å². The van der Waals surface area contributed by atoms with Crippen molar-refractivity contribution in [2.75, 3.05) is 13.1 Å². The Morgan fingerprint density at radius 3 is 3.11 bits per heavy atom. The van der Waals surface area contributed by atoms with Gasteiger partial charge in [-0.1, -0.05) is 11.6 Å². The first-order valence-corrected chi connectivity index (χ1v) is 6.79. The fraction of sp³-hybridized carbons (Fsp3) is 0.273. The molecule has 6 nitrogen and oxygen atoms in total. The number of hydrogen-bond acceptors (Lipinski definition) is 5. The average Bonchev–Trinajstić information content (AvgIpc) is 3.01. The van der Waals surface area contributed by atoms with E-state index in [4.69, 9.17) is 11.6 Å². The lowest BCUT2D eigenvalue weighted by Crippen LogP contribution is -2.32. The average molecular weight is 296 g/mol. The van der Waals surface area contributed by atoms with Crippen LogP contribution in [0.2, 0.25) is 5.02 Å². The van der Waals surface area contributed by atoms with Gasteiger partial charge >= 0.3 is 6.03 Å². The Labute approximate surface area is 118 Å². The van der Waals surface area contributed by atoms with Gasteiger partial charge in [0.25, 0.3) is 0 Å². The maximum Gasteiger partial charge on any atom is 0.322 e. The van der Waals surface area contributed by atoms with Crippen LogP contribution in [0.15, 0.2) is 17.1 Å². The number of aliphatic imine (C=N–C) groups is 1. The zero-order chi connectivity index (χ0) is 13.4. The van der Waals surface area contributed by atoms with E-state index in [1.165, 1.54) is 0 Å². The van der Waals surface area contributed by atoms with Crippen molar-refractivity contribution in [2.24, 2.45) is 4.99 Å². The van der Waals surface area contributed by atoms with Gasteiger partial charge in [-0.05, 0) is 19.1 Å². The highest BCUT2D eigenvalue weighted by molar-refractivity contribution is 7.00. The van der Waals surface area contributed by atoms with Gasteiger partial charge in [-0.25, -0.2) is 9.79 Å². The van der Waals surface area contributed by atoms with E-state index < -0.39 is 0 Å². The molecule has 3 rings (SSSR count). The van der Waals surface area contributed by atoms with Crippen molar-refractivity contribution in [3.8, 4) is 0 Å². The second-order valence-electron chi connectivity index (χ2n) is 4.07. The molecule has 0 bridgehead atoms. The zero-order valence-corrected chi connectivity index (χ0v) is 11.6. The van der Waals surface area contributed by atoms with Crippen molar-refractivity contribution in [1.82, 2.24) is 19.0 Å². The van der Waals surface area contributed by atoms with Crippen molar-refractivity contribution in [3.05, 3.63) is 17.2 Å². The lowest BCUT2D eigenvalue weighted by atomic mass is 10.2. The number of benzene rings is 1. The van der Waals surface area contributed by atoms with E-state index in [0.29, 0.717) is 35.2 Å². The number of nitrogens with one attached hydrogen (secondary N) is 1. The molecule has 1 N–H and O–H groups in total. The highest BCUT2D eigenvalue weighted by atomic mass is 35.5. The Balaban J connectivity index is 2.06. The highest BCUT2D eigenvalue weighted by Crippen LogP contribution is 2.32. The number of fused-ring (bicyclic) bond motifs is 1. The van der Waals surface area contributed by atoms with E-state index >= 15 is 0 Å².